The minimum Gasteiger partial charge on any atom is -0.492 e. The molecule has 2 fully saturated rings. The number of hydrogen-bond acceptors (Lipinski definition) is 5. The van der Waals surface area contributed by atoms with Crippen LogP contribution in [-0.2, 0) is 22.1 Å². The lowest BCUT2D eigenvalue weighted by Crippen LogP contribution is -2.36. The number of alkyl halides is 3. The molecule has 1 aliphatic heterocycles. The molecule has 4 atom stereocenters. The number of halogens is 3. The van der Waals surface area contributed by atoms with Crippen LogP contribution in [0, 0.1) is 11.8 Å². The first-order valence-electron chi connectivity index (χ1n) is 11.9. The molecule has 1 saturated heterocycles. The fraction of sp³-hybridized carbons (Fsp3) is 0.462. The minimum absolute atomic E-state index is 0.0615. The molecule has 1 amide bonds. The van der Waals surface area contributed by atoms with Gasteiger partial charge in [0.05, 0.1) is 5.56 Å². The standard InChI is InChI=1S/C26H29F3N2O5/c1-2-35-22(25(33)34)12-16-6-8-19(9-7-16)36-11-10-30-23-20-14-31(15-21(20)23)24(32)17-4-3-5-18(13-17)26(27,28)29/h3-9,13,20-23,30H,2,10-12,14-15H2,1H3,(H,33,34)/t20-,21+,22-,23?/m0/s1. The second-order valence-electron chi connectivity index (χ2n) is 9.08. The molecule has 1 saturated carbocycles. The van der Waals surface area contributed by atoms with E-state index < -0.39 is 23.8 Å². The Morgan fingerprint density at radius 1 is 1.14 bits per heavy atom. The molecule has 1 heterocycles. The zero-order chi connectivity index (χ0) is 25.9. The Balaban J connectivity index is 1.16. The highest BCUT2D eigenvalue weighted by atomic mass is 19.4. The van der Waals surface area contributed by atoms with Crippen LogP contribution in [0.1, 0.15) is 28.4 Å². The van der Waals surface area contributed by atoms with E-state index in [9.17, 15) is 27.9 Å². The summed E-state index contributed by atoms with van der Waals surface area (Å²) in [6, 6.07) is 12.1. The van der Waals surface area contributed by atoms with Gasteiger partial charge in [-0.2, -0.15) is 13.2 Å². The molecule has 2 N–H and O–H groups in total. The third kappa shape index (κ3) is 6.17. The van der Waals surface area contributed by atoms with Gasteiger partial charge in [0.2, 0.25) is 0 Å². The Morgan fingerprint density at radius 3 is 2.44 bits per heavy atom. The topological polar surface area (TPSA) is 88.1 Å². The van der Waals surface area contributed by atoms with Crippen LogP contribution in [-0.4, -0.2) is 66.9 Å². The van der Waals surface area contributed by atoms with Gasteiger partial charge >= 0.3 is 12.1 Å². The van der Waals surface area contributed by atoms with Gasteiger partial charge in [-0.15, -0.1) is 0 Å². The van der Waals surface area contributed by atoms with Crippen molar-refractivity contribution < 1.29 is 37.3 Å². The number of amides is 1. The molecule has 10 heteroatoms. The quantitative estimate of drug-likeness (QED) is 0.454. The first kappa shape index (κ1) is 26.0. The van der Waals surface area contributed by atoms with E-state index in [0.29, 0.717) is 50.4 Å². The summed E-state index contributed by atoms with van der Waals surface area (Å²) < 4.78 is 49.8. The van der Waals surface area contributed by atoms with Crippen molar-refractivity contribution >= 4 is 11.9 Å². The highest BCUT2D eigenvalue weighted by Gasteiger charge is 2.56. The maximum Gasteiger partial charge on any atom is 0.416 e. The van der Waals surface area contributed by atoms with Gasteiger partial charge in [-0.1, -0.05) is 18.2 Å². The Kier molecular flexibility index (Phi) is 7.85. The van der Waals surface area contributed by atoms with Crippen LogP contribution in [0.25, 0.3) is 0 Å². The monoisotopic (exact) mass is 506 g/mol. The smallest absolute Gasteiger partial charge is 0.416 e. The van der Waals surface area contributed by atoms with E-state index >= 15 is 0 Å². The van der Waals surface area contributed by atoms with E-state index in [1.807, 2.05) is 12.1 Å². The number of ether oxygens (including phenoxy) is 2. The first-order valence-corrected chi connectivity index (χ1v) is 11.9. The van der Waals surface area contributed by atoms with Gasteiger partial charge in [0, 0.05) is 44.3 Å². The summed E-state index contributed by atoms with van der Waals surface area (Å²) in [6.45, 7) is 4.20. The number of carbonyl (C=O) groups is 2. The van der Waals surface area contributed by atoms with Crippen LogP contribution >= 0.6 is 0 Å². The number of nitrogens with one attached hydrogen (secondary N) is 1. The minimum atomic E-state index is -4.48. The number of carbonyl (C=O) groups excluding carboxylic acids is 1. The number of benzene rings is 2. The molecule has 194 valence electrons. The molecule has 4 rings (SSSR count). The number of piperidine rings is 1. The lowest BCUT2D eigenvalue weighted by molar-refractivity contribution is -0.150. The van der Waals surface area contributed by atoms with Crippen LogP contribution in [0.2, 0.25) is 0 Å². The molecular formula is C26H29F3N2O5. The maximum atomic E-state index is 12.9. The van der Waals surface area contributed by atoms with Crippen molar-refractivity contribution in [1.82, 2.24) is 10.2 Å². The molecule has 2 aromatic carbocycles. The van der Waals surface area contributed by atoms with E-state index in [-0.39, 0.29) is 23.9 Å². The maximum absolute atomic E-state index is 12.9. The Hall–Kier alpha value is -3.11. The molecule has 1 aliphatic carbocycles. The second kappa shape index (κ2) is 10.9. The number of aliphatic carboxylic acids is 1. The zero-order valence-electron chi connectivity index (χ0n) is 19.8. The molecule has 36 heavy (non-hydrogen) atoms. The van der Waals surface area contributed by atoms with Crippen molar-refractivity contribution in [2.75, 3.05) is 32.8 Å². The van der Waals surface area contributed by atoms with Gasteiger partial charge < -0.3 is 24.8 Å². The van der Waals surface area contributed by atoms with E-state index in [1.165, 1.54) is 12.1 Å². The predicted octanol–water partition coefficient (Wildman–Crippen LogP) is 3.48. The zero-order valence-corrected chi connectivity index (χ0v) is 19.8. The summed E-state index contributed by atoms with van der Waals surface area (Å²) in [5.74, 6) is -0.0817. The summed E-state index contributed by atoms with van der Waals surface area (Å²) in [7, 11) is 0. The molecule has 0 radical (unpaired) electrons. The molecule has 0 bridgehead atoms. The predicted molar refractivity (Wildman–Crippen MR) is 125 cm³/mol. The van der Waals surface area contributed by atoms with Crippen molar-refractivity contribution in [1.29, 1.82) is 0 Å². The fourth-order valence-electron chi connectivity index (χ4n) is 4.76. The summed E-state index contributed by atoms with van der Waals surface area (Å²) in [5.41, 5.74) is 0.0876. The van der Waals surface area contributed by atoms with Gasteiger partial charge in [0.1, 0.15) is 12.4 Å². The lowest BCUT2D eigenvalue weighted by atomic mass is 10.1. The average molecular weight is 507 g/mol. The number of hydrogen-bond donors (Lipinski definition) is 2. The van der Waals surface area contributed by atoms with Gasteiger partial charge in [-0.3, -0.25) is 4.79 Å². The van der Waals surface area contributed by atoms with Crippen LogP contribution in [0.4, 0.5) is 13.2 Å². The third-order valence-electron chi connectivity index (χ3n) is 6.66. The van der Waals surface area contributed by atoms with Gasteiger partial charge in [-0.25, -0.2) is 4.79 Å². The molecule has 0 spiro atoms. The number of carboxylic acid groups (broad SMARTS) is 1. The normalized spacial score (nSPS) is 21.7. The molecule has 0 aromatic heterocycles. The lowest BCUT2D eigenvalue weighted by Gasteiger charge is -2.21. The average Bonchev–Trinajstić information content (AvgIpc) is 3.29. The van der Waals surface area contributed by atoms with Crippen molar-refractivity contribution in [3.05, 3.63) is 65.2 Å². The highest BCUT2D eigenvalue weighted by Crippen LogP contribution is 2.45. The molecule has 2 aliphatic rings. The summed E-state index contributed by atoms with van der Waals surface area (Å²) >= 11 is 0. The number of rotatable bonds is 11. The van der Waals surface area contributed by atoms with E-state index in [4.69, 9.17) is 9.47 Å². The van der Waals surface area contributed by atoms with E-state index in [1.54, 1.807) is 24.0 Å². The number of nitrogens with zero attached hydrogens (tertiary/aromatic N) is 1. The van der Waals surface area contributed by atoms with Crippen molar-refractivity contribution in [2.24, 2.45) is 11.8 Å². The SMILES string of the molecule is CCO[C@@H](Cc1ccc(OCCNC2[C@H]3CN(C(=O)c4cccc(C(F)(F)F)c4)C[C@@H]23)cc1)C(=O)O. The van der Waals surface area contributed by atoms with Crippen LogP contribution in [0.3, 0.4) is 0 Å². The number of likely N-dealkylation sites (tertiary alicyclic amines) is 1. The van der Waals surface area contributed by atoms with E-state index in [0.717, 1.165) is 17.7 Å². The molecule has 2 aromatic rings. The van der Waals surface area contributed by atoms with Gasteiger partial charge in [0.25, 0.3) is 5.91 Å². The second-order valence-corrected chi connectivity index (χ2v) is 9.08. The van der Waals surface area contributed by atoms with Gasteiger partial charge in [0.15, 0.2) is 6.10 Å². The third-order valence-corrected chi connectivity index (χ3v) is 6.66. The fourth-order valence-corrected chi connectivity index (χ4v) is 4.76. The highest BCUT2D eigenvalue weighted by molar-refractivity contribution is 5.94. The summed E-state index contributed by atoms with van der Waals surface area (Å²) in [4.78, 5) is 25.5. The Morgan fingerprint density at radius 2 is 1.83 bits per heavy atom. The molecular weight excluding hydrogens is 477 g/mol. The Labute approximate surface area is 207 Å². The van der Waals surface area contributed by atoms with Crippen LogP contribution in [0.15, 0.2) is 48.5 Å². The van der Waals surface area contributed by atoms with Crippen LogP contribution in [0.5, 0.6) is 5.75 Å². The van der Waals surface area contributed by atoms with Crippen molar-refractivity contribution in [3.63, 3.8) is 0 Å². The number of fused-ring (bicyclic) bond motifs is 1. The molecule has 7 nitrogen and oxygen atoms in total. The summed E-state index contributed by atoms with van der Waals surface area (Å²) in [5, 5.41) is 12.6. The largest absolute Gasteiger partial charge is 0.492 e. The van der Waals surface area contributed by atoms with E-state index in [2.05, 4.69) is 5.32 Å². The van der Waals surface area contributed by atoms with Crippen molar-refractivity contribution in [2.45, 2.75) is 31.7 Å². The van der Waals surface area contributed by atoms with Crippen molar-refractivity contribution in [3.8, 4) is 5.75 Å². The Bertz CT molecular complexity index is 1060. The van der Waals surface area contributed by atoms with Crippen LogP contribution < -0.4 is 10.1 Å². The first-order chi connectivity index (χ1) is 17.2. The number of carboxylic acids is 1. The molecule has 1 unspecified atom stereocenters. The summed E-state index contributed by atoms with van der Waals surface area (Å²) in [6.07, 6.45) is -5.07. The van der Waals surface area contributed by atoms with Gasteiger partial charge in [-0.05, 0) is 54.7 Å².